The number of nitrogens with two attached hydrogens (primary N) is 1. The van der Waals surface area contributed by atoms with Crippen LogP contribution in [-0.2, 0) is 0 Å². The van der Waals surface area contributed by atoms with Gasteiger partial charge in [-0.1, -0.05) is 29.4 Å². The lowest BCUT2D eigenvalue weighted by molar-refractivity contribution is 0.316. The van der Waals surface area contributed by atoms with E-state index in [2.05, 4.69) is 44.4 Å². The van der Waals surface area contributed by atoms with Gasteiger partial charge in [-0.15, -0.1) is 0 Å². The summed E-state index contributed by atoms with van der Waals surface area (Å²) in [5.74, 6) is 1.87. The molecule has 2 aromatic heterocycles. The number of aromatic nitrogens is 4. The van der Waals surface area contributed by atoms with Gasteiger partial charge in [0.1, 0.15) is 0 Å². The monoisotopic (exact) mass is 293 g/mol. The van der Waals surface area contributed by atoms with Gasteiger partial charge in [-0.05, 0) is 29.9 Å². The third kappa shape index (κ3) is 2.22. The zero-order chi connectivity index (χ0) is 14.9. The van der Waals surface area contributed by atoms with Gasteiger partial charge < -0.3 is 10.3 Å². The summed E-state index contributed by atoms with van der Waals surface area (Å²) >= 11 is 0. The van der Waals surface area contributed by atoms with Crippen LogP contribution in [0.15, 0.2) is 47.6 Å². The lowest BCUT2D eigenvalue weighted by atomic mass is 9.69. The zero-order valence-corrected chi connectivity index (χ0v) is 11.9. The van der Waals surface area contributed by atoms with Crippen molar-refractivity contribution in [3.63, 3.8) is 0 Å². The van der Waals surface area contributed by atoms with Crippen molar-refractivity contribution in [1.29, 1.82) is 0 Å². The standard InChI is InChI=1S/C16H15N5O/c17-16-18-7-12(8-19-16)10-2-1-3-11(6-10)13-4-5-14(13)15-20-9-22-21-15/h1-3,6-9,13-14H,4-5H2,(H2,17,18,19). The molecule has 3 aromatic rings. The third-order valence-corrected chi connectivity index (χ3v) is 4.30. The molecule has 0 saturated heterocycles. The normalized spacial score (nSPS) is 20.5. The fourth-order valence-corrected chi connectivity index (χ4v) is 2.99. The van der Waals surface area contributed by atoms with Crippen LogP contribution in [0.3, 0.4) is 0 Å². The van der Waals surface area contributed by atoms with Gasteiger partial charge in [-0.25, -0.2) is 9.97 Å². The van der Waals surface area contributed by atoms with Crippen LogP contribution < -0.4 is 5.73 Å². The van der Waals surface area contributed by atoms with Crippen LogP contribution in [-0.4, -0.2) is 20.1 Å². The highest BCUT2D eigenvalue weighted by molar-refractivity contribution is 5.63. The molecular formula is C16H15N5O. The van der Waals surface area contributed by atoms with E-state index in [1.54, 1.807) is 12.4 Å². The Morgan fingerprint density at radius 3 is 2.50 bits per heavy atom. The SMILES string of the molecule is Nc1ncc(-c2cccc(C3CCC3c3ncon3)c2)cn1. The number of benzene rings is 1. The van der Waals surface area contributed by atoms with E-state index in [1.165, 1.54) is 12.0 Å². The molecule has 1 aliphatic rings. The largest absolute Gasteiger partial charge is 0.368 e. The lowest BCUT2D eigenvalue weighted by Gasteiger charge is -2.35. The molecule has 6 heteroatoms. The van der Waals surface area contributed by atoms with E-state index in [-0.39, 0.29) is 5.95 Å². The number of hydrogen-bond donors (Lipinski definition) is 1. The molecule has 1 aromatic carbocycles. The van der Waals surface area contributed by atoms with Gasteiger partial charge in [0.25, 0.3) is 0 Å². The molecule has 2 N–H and O–H groups in total. The Morgan fingerprint density at radius 2 is 1.82 bits per heavy atom. The van der Waals surface area contributed by atoms with Crippen molar-refractivity contribution in [1.82, 2.24) is 20.1 Å². The Kier molecular flexibility index (Phi) is 3.07. The molecule has 4 rings (SSSR count). The van der Waals surface area contributed by atoms with E-state index < -0.39 is 0 Å². The van der Waals surface area contributed by atoms with Crippen LogP contribution in [0.5, 0.6) is 0 Å². The topological polar surface area (TPSA) is 90.7 Å². The summed E-state index contributed by atoms with van der Waals surface area (Å²) in [4.78, 5) is 12.3. The maximum atomic E-state index is 5.54. The number of nitrogen functional groups attached to an aromatic ring is 1. The van der Waals surface area contributed by atoms with Crippen molar-refractivity contribution in [3.8, 4) is 11.1 Å². The highest BCUT2D eigenvalue weighted by Gasteiger charge is 2.36. The van der Waals surface area contributed by atoms with Gasteiger partial charge in [0, 0.05) is 23.9 Å². The molecule has 0 spiro atoms. The minimum Gasteiger partial charge on any atom is -0.368 e. The van der Waals surface area contributed by atoms with Crippen LogP contribution in [0, 0.1) is 0 Å². The summed E-state index contributed by atoms with van der Waals surface area (Å²) in [7, 11) is 0. The minimum absolute atomic E-state index is 0.288. The van der Waals surface area contributed by atoms with E-state index in [1.807, 2.05) is 0 Å². The molecule has 22 heavy (non-hydrogen) atoms. The van der Waals surface area contributed by atoms with Gasteiger partial charge in [-0.3, -0.25) is 0 Å². The molecule has 0 bridgehead atoms. The van der Waals surface area contributed by atoms with Crippen LogP contribution in [0.1, 0.15) is 36.1 Å². The van der Waals surface area contributed by atoms with Crippen LogP contribution >= 0.6 is 0 Å². The zero-order valence-electron chi connectivity index (χ0n) is 11.9. The van der Waals surface area contributed by atoms with E-state index in [4.69, 9.17) is 10.3 Å². The maximum Gasteiger partial charge on any atom is 0.219 e. The molecule has 110 valence electrons. The first-order chi connectivity index (χ1) is 10.8. The Morgan fingerprint density at radius 1 is 1.00 bits per heavy atom. The first-order valence-corrected chi connectivity index (χ1v) is 7.25. The highest BCUT2D eigenvalue weighted by Crippen LogP contribution is 2.48. The second-order valence-corrected chi connectivity index (χ2v) is 5.54. The second kappa shape index (κ2) is 5.22. The molecule has 2 unspecified atom stereocenters. The van der Waals surface area contributed by atoms with Crippen molar-refractivity contribution in [2.75, 3.05) is 5.73 Å². The van der Waals surface area contributed by atoms with Crippen molar-refractivity contribution in [3.05, 3.63) is 54.4 Å². The molecule has 2 heterocycles. The van der Waals surface area contributed by atoms with Crippen molar-refractivity contribution < 1.29 is 4.52 Å². The predicted octanol–water partition coefficient (Wildman–Crippen LogP) is 2.77. The minimum atomic E-state index is 0.288. The first-order valence-electron chi connectivity index (χ1n) is 7.25. The number of rotatable bonds is 3. The number of nitrogens with zero attached hydrogens (tertiary/aromatic N) is 4. The molecule has 1 saturated carbocycles. The van der Waals surface area contributed by atoms with Crippen LogP contribution in [0.4, 0.5) is 5.95 Å². The molecule has 0 amide bonds. The summed E-state index contributed by atoms with van der Waals surface area (Å²) in [6.07, 6.45) is 7.13. The Hall–Kier alpha value is -2.76. The Balaban J connectivity index is 1.63. The Labute approximate surface area is 127 Å². The number of hydrogen-bond acceptors (Lipinski definition) is 6. The van der Waals surface area contributed by atoms with Gasteiger partial charge in [0.15, 0.2) is 5.82 Å². The summed E-state index contributed by atoms with van der Waals surface area (Å²) in [5, 5.41) is 3.98. The third-order valence-electron chi connectivity index (χ3n) is 4.30. The van der Waals surface area contributed by atoms with E-state index in [0.717, 1.165) is 29.8 Å². The van der Waals surface area contributed by atoms with Gasteiger partial charge in [-0.2, -0.15) is 4.98 Å². The van der Waals surface area contributed by atoms with Gasteiger partial charge in [0.05, 0.1) is 0 Å². The molecule has 0 radical (unpaired) electrons. The predicted molar refractivity (Wildman–Crippen MR) is 80.9 cm³/mol. The summed E-state index contributed by atoms with van der Waals surface area (Å²) in [5.41, 5.74) is 8.89. The van der Waals surface area contributed by atoms with Crippen molar-refractivity contribution in [2.24, 2.45) is 0 Å². The smallest absolute Gasteiger partial charge is 0.219 e. The fourth-order valence-electron chi connectivity index (χ4n) is 2.99. The molecule has 0 aliphatic heterocycles. The average Bonchev–Trinajstić information content (AvgIpc) is 3.01. The molecular weight excluding hydrogens is 278 g/mol. The average molecular weight is 293 g/mol. The van der Waals surface area contributed by atoms with Gasteiger partial charge in [0.2, 0.25) is 12.3 Å². The highest BCUT2D eigenvalue weighted by atomic mass is 16.5. The fraction of sp³-hybridized carbons (Fsp3) is 0.250. The number of anilines is 1. The van der Waals surface area contributed by atoms with E-state index in [0.29, 0.717) is 11.8 Å². The molecule has 6 nitrogen and oxygen atoms in total. The molecule has 1 fully saturated rings. The van der Waals surface area contributed by atoms with E-state index >= 15 is 0 Å². The van der Waals surface area contributed by atoms with Crippen molar-refractivity contribution >= 4 is 5.95 Å². The summed E-state index contributed by atoms with van der Waals surface area (Å²) in [6.45, 7) is 0. The Bertz CT molecular complexity index is 769. The first kappa shape index (κ1) is 12.9. The maximum absolute atomic E-state index is 5.54. The summed E-state index contributed by atoms with van der Waals surface area (Å²) in [6, 6.07) is 8.46. The van der Waals surface area contributed by atoms with E-state index in [9.17, 15) is 0 Å². The summed E-state index contributed by atoms with van der Waals surface area (Å²) < 4.78 is 4.87. The van der Waals surface area contributed by atoms with Crippen molar-refractivity contribution in [2.45, 2.75) is 24.7 Å². The van der Waals surface area contributed by atoms with Gasteiger partial charge >= 0.3 is 0 Å². The molecule has 1 aliphatic carbocycles. The second-order valence-electron chi connectivity index (χ2n) is 5.54. The van der Waals surface area contributed by atoms with Crippen LogP contribution in [0.2, 0.25) is 0 Å². The lowest BCUT2D eigenvalue weighted by Crippen LogP contribution is -2.22. The quantitative estimate of drug-likeness (QED) is 0.798. The van der Waals surface area contributed by atoms with Crippen LogP contribution in [0.25, 0.3) is 11.1 Å². The molecule has 2 atom stereocenters.